The number of ether oxygens (including phenoxy) is 1. The standard InChI is InChI=1S/C21H25N3O3/c1-15-5-10-19(22-12-15)23-20(25)18-4-3-11-24(13-18)21(26)17-8-6-16(7-9-17)14-27-2/h5-10,12,18H,3-4,11,13-14H2,1-2H3,(H,22,23,25). The molecular weight excluding hydrogens is 342 g/mol. The van der Waals surface area contributed by atoms with Crippen molar-refractivity contribution in [2.45, 2.75) is 26.4 Å². The van der Waals surface area contributed by atoms with Crippen LogP contribution in [0.15, 0.2) is 42.6 Å². The molecule has 27 heavy (non-hydrogen) atoms. The van der Waals surface area contributed by atoms with Crippen LogP contribution < -0.4 is 5.32 Å². The number of hydrogen-bond donors (Lipinski definition) is 1. The molecule has 1 atom stereocenters. The Balaban J connectivity index is 1.61. The summed E-state index contributed by atoms with van der Waals surface area (Å²) in [6, 6.07) is 11.1. The van der Waals surface area contributed by atoms with Crippen molar-refractivity contribution in [1.29, 1.82) is 0 Å². The van der Waals surface area contributed by atoms with Gasteiger partial charge in [-0.25, -0.2) is 4.98 Å². The third kappa shape index (κ3) is 4.92. The number of nitrogens with zero attached hydrogens (tertiary/aromatic N) is 2. The van der Waals surface area contributed by atoms with Gasteiger partial charge < -0.3 is 15.0 Å². The van der Waals surface area contributed by atoms with Gasteiger partial charge in [-0.1, -0.05) is 18.2 Å². The minimum atomic E-state index is -0.224. The van der Waals surface area contributed by atoms with Crippen LogP contribution in [-0.4, -0.2) is 41.9 Å². The quantitative estimate of drug-likeness (QED) is 0.882. The fraction of sp³-hybridized carbons (Fsp3) is 0.381. The van der Waals surface area contributed by atoms with Crippen LogP contribution in [0.2, 0.25) is 0 Å². The van der Waals surface area contributed by atoms with E-state index in [1.807, 2.05) is 37.3 Å². The highest BCUT2D eigenvalue weighted by molar-refractivity contribution is 5.96. The summed E-state index contributed by atoms with van der Waals surface area (Å²) in [6.07, 6.45) is 3.31. The second-order valence-electron chi connectivity index (χ2n) is 6.93. The van der Waals surface area contributed by atoms with E-state index in [2.05, 4.69) is 10.3 Å². The molecule has 2 aromatic rings. The number of nitrogens with one attached hydrogen (secondary N) is 1. The topological polar surface area (TPSA) is 71.5 Å². The Bertz CT molecular complexity index is 787. The van der Waals surface area contributed by atoms with Gasteiger partial charge in [-0.3, -0.25) is 9.59 Å². The number of piperidine rings is 1. The van der Waals surface area contributed by atoms with Crippen LogP contribution in [0.1, 0.15) is 34.3 Å². The second-order valence-corrected chi connectivity index (χ2v) is 6.93. The molecule has 6 nitrogen and oxygen atoms in total. The number of rotatable bonds is 5. The molecule has 1 aliphatic heterocycles. The fourth-order valence-electron chi connectivity index (χ4n) is 3.24. The lowest BCUT2D eigenvalue weighted by Crippen LogP contribution is -2.43. The lowest BCUT2D eigenvalue weighted by molar-refractivity contribution is -0.121. The highest BCUT2D eigenvalue weighted by Crippen LogP contribution is 2.20. The molecule has 0 radical (unpaired) electrons. The molecule has 0 bridgehead atoms. The number of carbonyl (C=O) groups is 2. The number of amides is 2. The van der Waals surface area contributed by atoms with E-state index in [0.717, 1.165) is 24.0 Å². The predicted octanol–water partition coefficient (Wildman–Crippen LogP) is 3.03. The Morgan fingerprint density at radius 3 is 2.67 bits per heavy atom. The maximum Gasteiger partial charge on any atom is 0.253 e. The van der Waals surface area contributed by atoms with Gasteiger partial charge in [0, 0.05) is 32.0 Å². The number of aryl methyl sites for hydroxylation is 1. The number of carbonyl (C=O) groups excluding carboxylic acids is 2. The summed E-state index contributed by atoms with van der Waals surface area (Å²) in [4.78, 5) is 31.3. The number of anilines is 1. The lowest BCUT2D eigenvalue weighted by Gasteiger charge is -2.32. The smallest absolute Gasteiger partial charge is 0.253 e. The van der Waals surface area contributed by atoms with E-state index in [1.54, 1.807) is 24.3 Å². The molecule has 2 heterocycles. The SMILES string of the molecule is COCc1ccc(C(=O)N2CCCC(C(=O)Nc3ccc(C)cn3)C2)cc1. The zero-order chi connectivity index (χ0) is 19.2. The Morgan fingerprint density at radius 2 is 2.00 bits per heavy atom. The maximum atomic E-state index is 12.8. The summed E-state index contributed by atoms with van der Waals surface area (Å²) in [5.41, 5.74) is 2.70. The molecule has 1 aromatic carbocycles. The Morgan fingerprint density at radius 1 is 1.22 bits per heavy atom. The number of pyridine rings is 1. The van der Waals surface area contributed by atoms with Gasteiger partial charge >= 0.3 is 0 Å². The van der Waals surface area contributed by atoms with Gasteiger partial charge in [0.05, 0.1) is 12.5 Å². The van der Waals surface area contributed by atoms with Gasteiger partial charge in [0.15, 0.2) is 0 Å². The third-order valence-electron chi connectivity index (χ3n) is 4.75. The molecule has 3 rings (SSSR count). The van der Waals surface area contributed by atoms with Crippen LogP contribution in [0.25, 0.3) is 0 Å². The highest BCUT2D eigenvalue weighted by Gasteiger charge is 2.29. The molecule has 1 N–H and O–H groups in total. The predicted molar refractivity (Wildman–Crippen MR) is 103 cm³/mol. The summed E-state index contributed by atoms with van der Waals surface area (Å²) in [6.45, 7) is 3.57. The number of methoxy groups -OCH3 is 1. The van der Waals surface area contributed by atoms with Crippen molar-refractivity contribution in [1.82, 2.24) is 9.88 Å². The summed E-state index contributed by atoms with van der Waals surface area (Å²) in [7, 11) is 1.64. The van der Waals surface area contributed by atoms with Crippen molar-refractivity contribution in [3.05, 3.63) is 59.3 Å². The Labute approximate surface area is 159 Å². The molecule has 0 spiro atoms. The molecular formula is C21H25N3O3. The van der Waals surface area contributed by atoms with E-state index in [4.69, 9.17) is 4.74 Å². The summed E-state index contributed by atoms with van der Waals surface area (Å²) < 4.78 is 5.10. The molecule has 1 aromatic heterocycles. The first kappa shape index (κ1) is 19.0. The molecule has 1 fully saturated rings. The van der Waals surface area contributed by atoms with Crippen LogP contribution in [0.3, 0.4) is 0 Å². The number of hydrogen-bond acceptors (Lipinski definition) is 4. The minimum Gasteiger partial charge on any atom is -0.380 e. The van der Waals surface area contributed by atoms with Gasteiger partial charge in [0.25, 0.3) is 5.91 Å². The Kier molecular flexibility index (Phi) is 6.19. The molecule has 1 saturated heterocycles. The van der Waals surface area contributed by atoms with Crippen molar-refractivity contribution < 1.29 is 14.3 Å². The van der Waals surface area contributed by atoms with E-state index in [9.17, 15) is 9.59 Å². The van der Waals surface area contributed by atoms with Crippen LogP contribution in [0.4, 0.5) is 5.82 Å². The normalized spacial score (nSPS) is 16.8. The first-order valence-electron chi connectivity index (χ1n) is 9.17. The molecule has 1 unspecified atom stereocenters. The molecule has 0 saturated carbocycles. The van der Waals surface area contributed by atoms with Crippen LogP contribution in [0.5, 0.6) is 0 Å². The number of benzene rings is 1. The van der Waals surface area contributed by atoms with Gasteiger partial charge in [0.2, 0.25) is 5.91 Å². The first-order chi connectivity index (χ1) is 13.1. The summed E-state index contributed by atoms with van der Waals surface area (Å²) in [5, 5.41) is 2.86. The zero-order valence-corrected chi connectivity index (χ0v) is 15.8. The zero-order valence-electron chi connectivity index (χ0n) is 15.8. The van der Waals surface area contributed by atoms with Gasteiger partial charge in [-0.15, -0.1) is 0 Å². The van der Waals surface area contributed by atoms with Crippen LogP contribution in [-0.2, 0) is 16.1 Å². The minimum absolute atomic E-state index is 0.0371. The first-order valence-corrected chi connectivity index (χ1v) is 9.17. The number of likely N-dealkylation sites (tertiary alicyclic amines) is 1. The highest BCUT2D eigenvalue weighted by atomic mass is 16.5. The van der Waals surface area contributed by atoms with E-state index in [0.29, 0.717) is 31.1 Å². The van der Waals surface area contributed by atoms with Gasteiger partial charge in [-0.2, -0.15) is 0 Å². The average molecular weight is 367 g/mol. The van der Waals surface area contributed by atoms with E-state index >= 15 is 0 Å². The van der Waals surface area contributed by atoms with E-state index in [-0.39, 0.29) is 17.7 Å². The molecule has 6 heteroatoms. The fourth-order valence-corrected chi connectivity index (χ4v) is 3.24. The maximum absolute atomic E-state index is 12.8. The van der Waals surface area contributed by atoms with Gasteiger partial charge in [-0.05, 0) is 49.1 Å². The van der Waals surface area contributed by atoms with Crippen molar-refractivity contribution in [2.75, 3.05) is 25.5 Å². The second kappa shape index (κ2) is 8.77. The van der Waals surface area contributed by atoms with Crippen molar-refractivity contribution in [3.63, 3.8) is 0 Å². The van der Waals surface area contributed by atoms with Crippen molar-refractivity contribution >= 4 is 17.6 Å². The molecule has 0 aliphatic carbocycles. The molecule has 2 amide bonds. The lowest BCUT2D eigenvalue weighted by atomic mass is 9.96. The molecule has 1 aliphatic rings. The third-order valence-corrected chi connectivity index (χ3v) is 4.75. The van der Waals surface area contributed by atoms with Crippen LogP contribution in [0, 0.1) is 12.8 Å². The molecule has 142 valence electrons. The Hall–Kier alpha value is -2.73. The summed E-state index contributed by atoms with van der Waals surface area (Å²) >= 11 is 0. The average Bonchev–Trinajstić information content (AvgIpc) is 2.70. The number of aromatic nitrogens is 1. The van der Waals surface area contributed by atoms with Gasteiger partial charge in [0.1, 0.15) is 5.82 Å². The van der Waals surface area contributed by atoms with E-state index in [1.165, 1.54) is 0 Å². The van der Waals surface area contributed by atoms with E-state index < -0.39 is 0 Å². The van der Waals surface area contributed by atoms with Crippen molar-refractivity contribution in [2.24, 2.45) is 5.92 Å². The van der Waals surface area contributed by atoms with Crippen LogP contribution >= 0.6 is 0 Å². The monoisotopic (exact) mass is 367 g/mol. The summed E-state index contributed by atoms with van der Waals surface area (Å²) in [5.74, 6) is 0.200. The van der Waals surface area contributed by atoms with Crippen molar-refractivity contribution in [3.8, 4) is 0 Å². The largest absolute Gasteiger partial charge is 0.380 e.